The lowest BCUT2D eigenvalue weighted by molar-refractivity contribution is 0.0944. The Balaban J connectivity index is 0.00000220. The molecule has 2 aromatic rings. The normalized spacial score (nSPS) is 10.0. The molecule has 0 bridgehead atoms. The van der Waals surface area contributed by atoms with Gasteiger partial charge in [0, 0.05) is 23.2 Å². The Hall–Kier alpha value is -1.56. The molecule has 0 radical (unpaired) electrons. The highest BCUT2D eigenvalue weighted by Crippen LogP contribution is 2.23. The molecule has 0 unspecified atom stereocenters. The third-order valence-electron chi connectivity index (χ3n) is 2.77. The summed E-state index contributed by atoms with van der Waals surface area (Å²) in [5, 5.41) is 7.14. The first-order chi connectivity index (χ1) is 9.70. The molecule has 0 fully saturated rings. The molecule has 0 saturated carbocycles. The monoisotopic (exact) mass is 329 g/mol. The molecular weight excluding hydrogens is 313 g/mol. The summed E-state index contributed by atoms with van der Waals surface area (Å²) in [6, 6.07) is 8.78. The molecule has 114 valence electrons. The number of hydrogen-bond donors (Lipinski definition) is 2. The topological polar surface area (TPSA) is 81.1 Å². The fourth-order valence-electron chi connectivity index (χ4n) is 1.72. The number of halogens is 2. The second kappa shape index (κ2) is 8.67. The van der Waals surface area contributed by atoms with E-state index < -0.39 is 0 Å². The van der Waals surface area contributed by atoms with Crippen molar-refractivity contribution in [2.24, 2.45) is 5.73 Å². The van der Waals surface area contributed by atoms with Gasteiger partial charge in [-0.15, -0.1) is 12.4 Å². The highest BCUT2D eigenvalue weighted by atomic mass is 35.5. The number of nitrogens with two attached hydrogens (primary N) is 1. The molecule has 0 aliphatic heterocycles. The fraction of sp³-hybridized carbons (Fsp3) is 0.286. The van der Waals surface area contributed by atoms with E-state index in [-0.39, 0.29) is 24.0 Å². The first kappa shape index (κ1) is 17.5. The maximum atomic E-state index is 11.8. The maximum absolute atomic E-state index is 11.8. The van der Waals surface area contributed by atoms with Crippen LogP contribution in [0.2, 0.25) is 5.02 Å². The van der Waals surface area contributed by atoms with Gasteiger partial charge in [0.05, 0.1) is 0 Å². The zero-order valence-electron chi connectivity index (χ0n) is 11.3. The number of aromatic nitrogens is 1. The van der Waals surface area contributed by atoms with Crippen molar-refractivity contribution in [3.63, 3.8) is 0 Å². The molecular formula is C14H17Cl2N3O2. The van der Waals surface area contributed by atoms with Gasteiger partial charge in [-0.3, -0.25) is 4.79 Å². The summed E-state index contributed by atoms with van der Waals surface area (Å²) in [5.41, 5.74) is 6.43. The summed E-state index contributed by atoms with van der Waals surface area (Å²) >= 11 is 5.91. The summed E-state index contributed by atoms with van der Waals surface area (Å²) in [6.07, 6.45) is 1.73. The van der Waals surface area contributed by atoms with Crippen molar-refractivity contribution in [2.45, 2.75) is 12.8 Å². The Bertz CT molecular complexity index is 587. The van der Waals surface area contributed by atoms with Crippen LogP contribution in [0.3, 0.4) is 0 Å². The van der Waals surface area contributed by atoms with E-state index in [1.54, 1.807) is 18.2 Å². The van der Waals surface area contributed by atoms with E-state index in [9.17, 15) is 4.79 Å². The van der Waals surface area contributed by atoms with Crippen LogP contribution in [0.25, 0.3) is 11.3 Å². The predicted molar refractivity (Wildman–Crippen MR) is 84.8 cm³/mol. The molecule has 0 atom stereocenters. The van der Waals surface area contributed by atoms with Crippen LogP contribution in [-0.4, -0.2) is 24.2 Å². The number of nitrogens with one attached hydrogen (secondary N) is 1. The molecule has 1 amide bonds. The lowest BCUT2D eigenvalue weighted by Crippen LogP contribution is -2.25. The quantitative estimate of drug-likeness (QED) is 0.798. The minimum Gasteiger partial charge on any atom is -0.355 e. The minimum atomic E-state index is -0.251. The number of carbonyl (C=O) groups is 1. The van der Waals surface area contributed by atoms with Crippen LogP contribution < -0.4 is 11.1 Å². The second-order valence-corrected chi connectivity index (χ2v) is 4.77. The third kappa shape index (κ3) is 5.04. The third-order valence-corrected chi connectivity index (χ3v) is 3.00. The molecule has 5 nitrogen and oxygen atoms in total. The number of nitrogens with zero attached hydrogens (tertiary/aromatic N) is 1. The number of benzene rings is 1. The van der Waals surface area contributed by atoms with Gasteiger partial charge in [0.15, 0.2) is 11.5 Å². The van der Waals surface area contributed by atoms with E-state index in [1.165, 1.54) is 0 Å². The van der Waals surface area contributed by atoms with Gasteiger partial charge in [0.25, 0.3) is 5.91 Å². The number of rotatable bonds is 6. The van der Waals surface area contributed by atoms with E-state index in [0.717, 1.165) is 18.4 Å². The average molecular weight is 330 g/mol. The van der Waals surface area contributed by atoms with Crippen LogP contribution in [0.4, 0.5) is 0 Å². The minimum absolute atomic E-state index is 0. The van der Waals surface area contributed by atoms with Crippen molar-refractivity contribution in [3.05, 3.63) is 41.0 Å². The number of hydrogen-bond acceptors (Lipinski definition) is 4. The van der Waals surface area contributed by atoms with E-state index in [4.69, 9.17) is 21.9 Å². The zero-order valence-corrected chi connectivity index (χ0v) is 12.9. The van der Waals surface area contributed by atoms with Crippen molar-refractivity contribution in [1.82, 2.24) is 10.5 Å². The van der Waals surface area contributed by atoms with Crippen molar-refractivity contribution >= 4 is 29.9 Å². The largest absolute Gasteiger partial charge is 0.355 e. The Labute approximate surface area is 134 Å². The standard InChI is InChI=1S/C14H16ClN3O2.ClH/c15-11-5-3-4-10(8-11)13-9-12(18-20-13)14(19)17-7-2-1-6-16;/h3-5,8-9H,1-2,6-7,16H2,(H,17,19);1H. The highest BCUT2D eigenvalue weighted by Gasteiger charge is 2.13. The number of unbranched alkanes of at least 4 members (excludes halogenated alkanes) is 1. The van der Waals surface area contributed by atoms with Gasteiger partial charge in [-0.1, -0.05) is 28.9 Å². The Morgan fingerprint density at radius 2 is 2.14 bits per heavy atom. The molecule has 1 aromatic carbocycles. The fourth-order valence-corrected chi connectivity index (χ4v) is 1.91. The molecule has 3 N–H and O–H groups in total. The Morgan fingerprint density at radius 1 is 1.33 bits per heavy atom. The molecule has 0 spiro atoms. The van der Waals surface area contributed by atoms with Crippen LogP contribution in [0, 0.1) is 0 Å². The summed E-state index contributed by atoms with van der Waals surface area (Å²) in [7, 11) is 0. The van der Waals surface area contributed by atoms with Gasteiger partial charge in [-0.25, -0.2) is 0 Å². The van der Waals surface area contributed by atoms with E-state index in [1.807, 2.05) is 12.1 Å². The Kier molecular flexibility index (Phi) is 7.22. The van der Waals surface area contributed by atoms with Gasteiger partial charge >= 0.3 is 0 Å². The lowest BCUT2D eigenvalue weighted by atomic mass is 10.1. The first-order valence-electron chi connectivity index (χ1n) is 6.41. The number of amides is 1. The molecule has 0 aliphatic carbocycles. The molecule has 0 saturated heterocycles. The van der Waals surface area contributed by atoms with E-state index >= 15 is 0 Å². The average Bonchev–Trinajstić information content (AvgIpc) is 2.93. The summed E-state index contributed by atoms with van der Waals surface area (Å²) in [6.45, 7) is 1.20. The first-order valence-corrected chi connectivity index (χ1v) is 6.79. The molecule has 1 aromatic heterocycles. The van der Waals surface area contributed by atoms with Crippen molar-refractivity contribution in [1.29, 1.82) is 0 Å². The lowest BCUT2D eigenvalue weighted by Gasteiger charge is -2.00. The smallest absolute Gasteiger partial charge is 0.273 e. The van der Waals surface area contributed by atoms with Gasteiger partial charge in [-0.05, 0) is 31.5 Å². The van der Waals surface area contributed by atoms with Gasteiger partial charge < -0.3 is 15.6 Å². The van der Waals surface area contributed by atoms with Crippen LogP contribution in [0.15, 0.2) is 34.9 Å². The maximum Gasteiger partial charge on any atom is 0.273 e. The molecule has 2 rings (SSSR count). The van der Waals surface area contributed by atoms with Crippen LogP contribution in [0.1, 0.15) is 23.3 Å². The summed E-state index contributed by atoms with van der Waals surface area (Å²) < 4.78 is 5.16. The van der Waals surface area contributed by atoms with E-state index in [2.05, 4.69) is 10.5 Å². The molecule has 1 heterocycles. The summed E-state index contributed by atoms with van der Waals surface area (Å²) in [5.74, 6) is 0.263. The van der Waals surface area contributed by atoms with Gasteiger partial charge in [0.2, 0.25) is 0 Å². The zero-order chi connectivity index (χ0) is 14.4. The van der Waals surface area contributed by atoms with Crippen LogP contribution >= 0.6 is 24.0 Å². The van der Waals surface area contributed by atoms with Gasteiger partial charge in [-0.2, -0.15) is 0 Å². The van der Waals surface area contributed by atoms with E-state index in [0.29, 0.717) is 23.9 Å². The van der Waals surface area contributed by atoms with Crippen LogP contribution in [0.5, 0.6) is 0 Å². The van der Waals surface area contributed by atoms with Gasteiger partial charge in [0.1, 0.15) is 0 Å². The molecule has 0 aliphatic rings. The van der Waals surface area contributed by atoms with Crippen LogP contribution in [-0.2, 0) is 0 Å². The second-order valence-electron chi connectivity index (χ2n) is 4.34. The highest BCUT2D eigenvalue weighted by molar-refractivity contribution is 6.30. The van der Waals surface area contributed by atoms with Crippen molar-refractivity contribution < 1.29 is 9.32 Å². The van der Waals surface area contributed by atoms with Crippen molar-refractivity contribution in [2.75, 3.05) is 13.1 Å². The SMILES string of the molecule is Cl.NCCCCNC(=O)c1cc(-c2cccc(Cl)c2)on1. The molecule has 7 heteroatoms. The number of carbonyl (C=O) groups excluding carboxylic acids is 1. The van der Waals surface area contributed by atoms with Crippen molar-refractivity contribution in [3.8, 4) is 11.3 Å². The predicted octanol–water partition coefficient (Wildman–Crippen LogP) is 2.89. The Morgan fingerprint density at radius 3 is 2.86 bits per heavy atom. The molecule has 21 heavy (non-hydrogen) atoms. The summed E-state index contributed by atoms with van der Waals surface area (Å²) in [4.78, 5) is 11.8.